The van der Waals surface area contributed by atoms with Crippen LogP contribution >= 0.6 is 11.8 Å². The summed E-state index contributed by atoms with van der Waals surface area (Å²) in [6.07, 6.45) is -12.1. The maximum atomic E-state index is 13.9. The molecule has 6 nitrogen and oxygen atoms in total. The summed E-state index contributed by atoms with van der Waals surface area (Å²) in [6, 6.07) is 0. The third-order valence-corrected chi connectivity index (χ3v) is 8.52. The first-order chi connectivity index (χ1) is 20.7. The predicted octanol–water partition coefficient (Wildman–Crippen LogP) is 7.12. The van der Waals surface area contributed by atoms with Gasteiger partial charge in [0.2, 0.25) is 0 Å². The molecule has 0 saturated carbocycles. The number of alkyl halides is 17. The van der Waals surface area contributed by atoms with Crippen LogP contribution in [0.15, 0.2) is 11.1 Å². The summed E-state index contributed by atoms with van der Waals surface area (Å²) < 4.78 is 246. The number of carbonyl (C=O) groups is 2. The van der Waals surface area contributed by atoms with Crippen molar-refractivity contribution < 1.29 is 116 Å². The second kappa shape index (κ2) is 15.3. The van der Waals surface area contributed by atoms with Crippen LogP contribution in [0.3, 0.4) is 0 Å². The Balaban J connectivity index is 5.39. The molecule has 0 aromatic carbocycles. The van der Waals surface area contributed by atoms with Gasteiger partial charge in [0.25, 0.3) is 0 Å². The number of ether oxygens (including phenoxy) is 2. The number of carbonyl (C=O) groups excluding carboxylic acids is 2. The van der Waals surface area contributed by atoms with Gasteiger partial charge in [-0.15, -0.1) is 0 Å². The molecule has 0 heterocycles. The summed E-state index contributed by atoms with van der Waals surface area (Å²) in [5, 5.41) is 9.33. The van der Waals surface area contributed by atoms with Crippen molar-refractivity contribution in [2.24, 2.45) is 5.92 Å². The van der Waals surface area contributed by atoms with Crippen LogP contribution in [0.1, 0.15) is 20.3 Å². The number of hydrogen-bond acceptors (Lipinski definition) is 7. The molecule has 0 fully saturated rings. The van der Waals surface area contributed by atoms with Crippen molar-refractivity contribution in [1.82, 2.24) is 0 Å². The summed E-state index contributed by atoms with van der Waals surface area (Å²) in [7, 11) is 0. The SMILES string of the molecule is C=[C](C)[Co](=[O])[CH2]C(O)COC(=O)CSCC(C)C(=O)OCCC(F)(F)C(F)(F)C(F)(F)C(F)(F)C(F)(F)C(F)(F)C(F)(F)C(F)(F)F. The number of rotatable bonds is 19. The molecule has 47 heavy (non-hydrogen) atoms. The van der Waals surface area contributed by atoms with Gasteiger partial charge < -0.3 is 0 Å². The molecule has 0 rings (SSSR count). The van der Waals surface area contributed by atoms with E-state index in [1.807, 2.05) is 0 Å². The minimum Gasteiger partial charge on any atom is -0.199 e. The monoisotopic (exact) mass is 797 g/mol. The van der Waals surface area contributed by atoms with Gasteiger partial charge in [0, 0.05) is 0 Å². The molecule has 281 valence electrons. The van der Waals surface area contributed by atoms with Crippen LogP contribution in [0.2, 0.25) is 5.36 Å². The molecule has 0 spiro atoms. The van der Waals surface area contributed by atoms with E-state index in [-0.39, 0.29) is 9.86 Å². The molecule has 0 aromatic heterocycles. The van der Waals surface area contributed by atoms with Gasteiger partial charge in [-0.2, -0.15) is 74.6 Å². The van der Waals surface area contributed by atoms with Crippen molar-refractivity contribution in [3.8, 4) is 0 Å². The molecule has 0 saturated heterocycles. The van der Waals surface area contributed by atoms with E-state index in [0.29, 0.717) is 11.8 Å². The molecule has 0 bridgehead atoms. The molecular formula is C22H23CoF17O6S. The van der Waals surface area contributed by atoms with Crippen molar-refractivity contribution in [2.75, 3.05) is 24.7 Å². The third kappa shape index (κ3) is 9.42. The topological polar surface area (TPSA) is 89.9 Å². The van der Waals surface area contributed by atoms with E-state index in [0.717, 1.165) is 6.92 Å². The Labute approximate surface area is 261 Å². The molecule has 2 unspecified atom stereocenters. The quantitative estimate of drug-likeness (QED) is 0.110. The number of aliphatic hydroxyl groups is 1. The third-order valence-electron chi connectivity index (χ3n) is 5.47. The maximum absolute atomic E-state index is 13.9. The van der Waals surface area contributed by atoms with Crippen LogP contribution in [0, 0.1) is 5.92 Å². The van der Waals surface area contributed by atoms with Gasteiger partial charge in [0.15, 0.2) is 0 Å². The smallest absolute Gasteiger partial charge is 0.199 e. The van der Waals surface area contributed by atoms with Gasteiger partial charge in [-0.1, -0.05) is 0 Å². The van der Waals surface area contributed by atoms with Crippen LogP contribution in [-0.4, -0.2) is 95.5 Å². The summed E-state index contributed by atoms with van der Waals surface area (Å²) in [5.41, 5.74) is 0. The van der Waals surface area contributed by atoms with Gasteiger partial charge in [0.05, 0.1) is 6.42 Å². The molecule has 0 radical (unpaired) electrons. The Morgan fingerprint density at radius 3 is 1.62 bits per heavy atom. The van der Waals surface area contributed by atoms with Crippen molar-refractivity contribution in [1.29, 1.82) is 0 Å². The van der Waals surface area contributed by atoms with Gasteiger partial charge in [-0.25, -0.2) is 0 Å². The second-order valence-electron chi connectivity index (χ2n) is 9.38. The van der Waals surface area contributed by atoms with E-state index < -0.39 is 116 Å². The second-order valence-corrected chi connectivity index (χ2v) is 12.6. The van der Waals surface area contributed by atoms with E-state index in [1.54, 1.807) is 0 Å². The molecule has 0 amide bonds. The van der Waals surface area contributed by atoms with Crippen molar-refractivity contribution in [2.45, 2.75) is 79.4 Å². The fraction of sp³-hybridized carbons (Fsp3) is 0.818. The minimum atomic E-state index is -8.74. The van der Waals surface area contributed by atoms with Crippen LogP contribution in [0.25, 0.3) is 0 Å². The van der Waals surface area contributed by atoms with Gasteiger partial charge >= 0.3 is 180 Å². The molecule has 0 aliphatic rings. The Hall–Kier alpha value is -1.89. The van der Waals surface area contributed by atoms with Gasteiger partial charge in [-0.3, -0.25) is 0 Å². The molecule has 1 N–H and O–H groups in total. The minimum absolute atomic E-state index is 0.251. The molecule has 25 heteroatoms. The molecule has 2 atom stereocenters. The summed E-state index contributed by atoms with van der Waals surface area (Å²) in [6.45, 7) is 3.08. The number of hydrogen-bond donors (Lipinski definition) is 1. The molecular weight excluding hydrogens is 774 g/mol. The van der Waals surface area contributed by atoms with E-state index in [1.165, 1.54) is 6.92 Å². The summed E-state index contributed by atoms with van der Waals surface area (Å²) in [5.74, 6) is -62.3. The normalized spacial score (nSPS) is 16.0. The zero-order valence-corrected chi connectivity index (χ0v) is 25.1. The Kier molecular flexibility index (Phi) is 14.7. The Morgan fingerprint density at radius 2 is 1.19 bits per heavy atom. The first-order valence-corrected chi connectivity index (χ1v) is 14.7. The zero-order valence-electron chi connectivity index (χ0n) is 23.3. The van der Waals surface area contributed by atoms with Crippen molar-refractivity contribution >= 4 is 23.7 Å². The average molecular weight is 797 g/mol. The Morgan fingerprint density at radius 1 is 0.766 bits per heavy atom. The van der Waals surface area contributed by atoms with Gasteiger partial charge in [-0.05, 0) is 0 Å². The number of thioether (sulfide) groups is 1. The van der Waals surface area contributed by atoms with Crippen LogP contribution < -0.4 is 0 Å². The van der Waals surface area contributed by atoms with E-state index in [2.05, 4.69) is 16.1 Å². The zero-order chi connectivity index (χ0) is 37.8. The van der Waals surface area contributed by atoms with Crippen LogP contribution in [0.5, 0.6) is 0 Å². The predicted molar refractivity (Wildman–Crippen MR) is 120 cm³/mol. The molecule has 0 aliphatic carbocycles. The number of aliphatic hydroxyl groups excluding tert-OH is 1. The fourth-order valence-electron chi connectivity index (χ4n) is 2.69. The summed E-state index contributed by atoms with van der Waals surface area (Å²) in [4.78, 5) is 23.5. The molecule has 0 aliphatic heterocycles. The Bertz CT molecular complexity index is 1150. The van der Waals surface area contributed by atoms with Crippen molar-refractivity contribution in [3.63, 3.8) is 0 Å². The van der Waals surface area contributed by atoms with E-state index in [9.17, 15) is 93.2 Å². The average Bonchev–Trinajstić information content (AvgIpc) is 2.90. The van der Waals surface area contributed by atoms with E-state index >= 15 is 0 Å². The number of esters is 2. The van der Waals surface area contributed by atoms with E-state index in [4.69, 9.17) is 0 Å². The standard InChI is InChI=1S/C19H18F17O5S.C3H5.Co.O/c1-8(6-42-7-10(38)41-5-9(2)37)11(39)40-4-3-12(20,21)13(22,23)14(24,25)15(26,27)16(28,29)17(30,31)18(32,33)19(34,35)36;1-3-2;;/h8-9,37H,2-7H2,1H3;1H2,2H3;;. The molecule has 0 aromatic rings. The number of halogens is 17. The number of allylic oxidation sites excluding steroid dienone is 1. The fourth-order valence-corrected chi connectivity index (χ4v) is 4.48. The first kappa shape index (κ1) is 45.1. The van der Waals surface area contributed by atoms with Crippen LogP contribution in [0.4, 0.5) is 74.6 Å². The first-order valence-electron chi connectivity index (χ1n) is 11.9. The summed E-state index contributed by atoms with van der Waals surface area (Å²) >= 11 is -1.39. The van der Waals surface area contributed by atoms with Gasteiger partial charge in [0.1, 0.15) is 0 Å². The van der Waals surface area contributed by atoms with Crippen LogP contribution in [-0.2, 0) is 36.5 Å². The van der Waals surface area contributed by atoms with Crippen molar-refractivity contribution in [3.05, 3.63) is 11.1 Å².